The molecular weight excluding hydrogens is 353 g/mol. The van der Waals surface area contributed by atoms with E-state index in [1.165, 1.54) is 0 Å². The van der Waals surface area contributed by atoms with Crippen LogP contribution in [0.2, 0.25) is 0 Å². The van der Waals surface area contributed by atoms with Crippen LogP contribution in [-0.2, 0) is 11.2 Å². The van der Waals surface area contributed by atoms with Crippen LogP contribution in [0.3, 0.4) is 0 Å². The summed E-state index contributed by atoms with van der Waals surface area (Å²) in [4.78, 5) is 20.2. The summed E-state index contributed by atoms with van der Waals surface area (Å²) in [5.41, 5.74) is 0.850. The Balaban J connectivity index is 0.00000144. The molecule has 1 amide bonds. The van der Waals surface area contributed by atoms with Gasteiger partial charge in [0.1, 0.15) is 0 Å². The molecule has 0 aliphatic carbocycles. The SMILES string of the molecule is Cl.Cl.O=C(CCc1nc(-c2ccncc2)no1)N[C@H]1CCCNC1. The molecule has 0 unspecified atom stereocenters. The molecule has 3 rings (SSSR count). The Morgan fingerprint density at radius 3 is 2.83 bits per heavy atom. The lowest BCUT2D eigenvalue weighted by Crippen LogP contribution is -2.45. The molecule has 7 nitrogen and oxygen atoms in total. The molecule has 0 saturated carbocycles. The number of carbonyl (C=O) groups is 1. The predicted molar refractivity (Wildman–Crippen MR) is 94.4 cm³/mol. The zero-order valence-electron chi connectivity index (χ0n) is 13.1. The Kier molecular flexibility index (Phi) is 8.67. The third kappa shape index (κ3) is 5.74. The molecule has 132 valence electrons. The molecule has 1 saturated heterocycles. The molecule has 1 aliphatic heterocycles. The molecule has 24 heavy (non-hydrogen) atoms. The van der Waals surface area contributed by atoms with E-state index in [4.69, 9.17) is 4.52 Å². The van der Waals surface area contributed by atoms with Gasteiger partial charge < -0.3 is 15.2 Å². The molecule has 1 atom stereocenters. The molecule has 0 bridgehead atoms. The molecule has 3 heterocycles. The summed E-state index contributed by atoms with van der Waals surface area (Å²) < 4.78 is 5.19. The van der Waals surface area contributed by atoms with E-state index in [0.717, 1.165) is 31.5 Å². The number of aromatic nitrogens is 3. The number of rotatable bonds is 5. The number of nitrogens with zero attached hydrogens (tertiary/aromatic N) is 3. The number of hydrogen-bond acceptors (Lipinski definition) is 6. The summed E-state index contributed by atoms with van der Waals surface area (Å²) in [6.07, 6.45) is 6.29. The van der Waals surface area contributed by atoms with Gasteiger partial charge in [-0.15, -0.1) is 24.8 Å². The summed E-state index contributed by atoms with van der Waals surface area (Å²) in [7, 11) is 0. The largest absolute Gasteiger partial charge is 0.352 e. The smallest absolute Gasteiger partial charge is 0.227 e. The van der Waals surface area contributed by atoms with E-state index in [-0.39, 0.29) is 36.8 Å². The first-order valence-corrected chi connectivity index (χ1v) is 7.54. The summed E-state index contributed by atoms with van der Waals surface area (Å²) in [5.74, 6) is 1.02. The second kappa shape index (κ2) is 10.2. The highest BCUT2D eigenvalue weighted by Gasteiger charge is 2.16. The predicted octanol–water partition coefficient (Wildman–Crippen LogP) is 1.78. The number of carbonyl (C=O) groups excluding carboxylic acids is 1. The number of piperidine rings is 1. The number of pyridine rings is 1. The zero-order valence-corrected chi connectivity index (χ0v) is 14.7. The minimum Gasteiger partial charge on any atom is -0.352 e. The van der Waals surface area contributed by atoms with Crippen molar-refractivity contribution in [3.8, 4) is 11.4 Å². The van der Waals surface area contributed by atoms with Gasteiger partial charge in [0.15, 0.2) is 0 Å². The van der Waals surface area contributed by atoms with Crippen LogP contribution in [0.25, 0.3) is 11.4 Å². The molecule has 2 aromatic rings. The lowest BCUT2D eigenvalue weighted by Gasteiger charge is -2.23. The van der Waals surface area contributed by atoms with E-state index < -0.39 is 0 Å². The fraction of sp³-hybridized carbons (Fsp3) is 0.467. The maximum absolute atomic E-state index is 11.9. The van der Waals surface area contributed by atoms with Crippen molar-refractivity contribution in [2.45, 2.75) is 31.7 Å². The summed E-state index contributed by atoms with van der Waals surface area (Å²) in [5, 5.41) is 10.2. The lowest BCUT2D eigenvalue weighted by molar-refractivity contribution is -0.121. The van der Waals surface area contributed by atoms with Crippen LogP contribution in [0.15, 0.2) is 29.0 Å². The molecule has 1 aliphatic rings. The van der Waals surface area contributed by atoms with E-state index in [1.807, 2.05) is 12.1 Å². The van der Waals surface area contributed by atoms with Crippen molar-refractivity contribution in [1.29, 1.82) is 0 Å². The van der Waals surface area contributed by atoms with Crippen LogP contribution in [0.5, 0.6) is 0 Å². The molecule has 0 radical (unpaired) electrons. The highest BCUT2D eigenvalue weighted by atomic mass is 35.5. The number of nitrogens with one attached hydrogen (secondary N) is 2. The van der Waals surface area contributed by atoms with Crippen molar-refractivity contribution in [2.75, 3.05) is 13.1 Å². The van der Waals surface area contributed by atoms with Crippen molar-refractivity contribution >= 4 is 30.7 Å². The third-order valence-corrected chi connectivity index (χ3v) is 3.63. The minimum absolute atomic E-state index is 0. The zero-order chi connectivity index (χ0) is 15.2. The van der Waals surface area contributed by atoms with Gasteiger partial charge >= 0.3 is 0 Å². The van der Waals surface area contributed by atoms with E-state index >= 15 is 0 Å². The van der Waals surface area contributed by atoms with Gasteiger partial charge in [0, 0.05) is 43.4 Å². The molecule has 0 aromatic carbocycles. The van der Waals surface area contributed by atoms with Crippen LogP contribution < -0.4 is 10.6 Å². The number of halogens is 2. The fourth-order valence-electron chi connectivity index (χ4n) is 2.47. The molecule has 9 heteroatoms. The molecule has 2 N–H and O–H groups in total. The minimum atomic E-state index is 0. The van der Waals surface area contributed by atoms with Crippen LogP contribution in [0, 0.1) is 0 Å². The average Bonchev–Trinajstić information content (AvgIpc) is 3.04. The first-order chi connectivity index (χ1) is 10.8. The standard InChI is InChI=1S/C15H19N5O2.2ClH/c21-13(18-12-2-1-7-17-10-12)3-4-14-19-15(20-22-14)11-5-8-16-9-6-11;;/h5-6,8-9,12,17H,1-4,7,10H2,(H,18,21);2*1H/t12-;;/m0../s1. The maximum atomic E-state index is 11.9. The van der Waals surface area contributed by atoms with Crippen molar-refractivity contribution in [3.05, 3.63) is 30.4 Å². The normalized spacial score (nSPS) is 16.6. The van der Waals surface area contributed by atoms with Gasteiger partial charge in [-0.25, -0.2) is 0 Å². The van der Waals surface area contributed by atoms with Gasteiger partial charge in [-0.2, -0.15) is 4.98 Å². The van der Waals surface area contributed by atoms with Gasteiger partial charge in [0.2, 0.25) is 17.6 Å². The van der Waals surface area contributed by atoms with Crippen molar-refractivity contribution < 1.29 is 9.32 Å². The van der Waals surface area contributed by atoms with Crippen LogP contribution in [0.4, 0.5) is 0 Å². The lowest BCUT2D eigenvalue weighted by atomic mass is 10.1. The Hall–Kier alpha value is -1.70. The van der Waals surface area contributed by atoms with E-state index in [2.05, 4.69) is 25.8 Å². The monoisotopic (exact) mass is 373 g/mol. The number of hydrogen-bond donors (Lipinski definition) is 2. The van der Waals surface area contributed by atoms with Gasteiger partial charge in [-0.05, 0) is 31.5 Å². The van der Waals surface area contributed by atoms with E-state index in [9.17, 15) is 4.79 Å². The van der Waals surface area contributed by atoms with Crippen LogP contribution >= 0.6 is 24.8 Å². The van der Waals surface area contributed by atoms with E-state index in [1.54, 1.807) is 12.4 Å². The molecule has 2 aromatic heterocycles. The van der Waals surface area contributed by atoms with Crippen molar-refractivity contribution in [2.24, 2.45) is 0 Å². The molecular formula is C15H21Cl2N5O2. The van der Waals surface area contributed by atoms with Crippen molar-refractivity contribution in [1.82, 2.24) is 25.8 Å². The summed E-state index contributed by atoms with van der Waals surface area (Å²) in [6, 6.07) is 3.87. The Labute approximate surface area is 152 Å². The third-order valence-electron chi connectivity index (χ3n) is 3.63. The number of amides is 1. The fourth-order valence-corrected chi connectivity index (χ4v) is 2.47. The summed E-state index contributed by atoms with van der Waals surface area (Å²) in [6.45, 7) is 1.88. The second-order valence-corrected chi connectivity index (χ2v) is 5.36. The van der Waals surface area contributed by atoms with Gasteiger partial charge in [-0.3, -0.25) is 9.78 Å². The quantitative estimate of drug-likeness (QED) is 0.829. The highest BCUT2D eigenvalue weighted by Crippen LogP contribution is 2.14. The first-order valence-electron chi connectivity index (χ1n) is 7.54. The Bertz CT molecular complexity index is 617. The van der Waals surface area contributed by atoms with Crippen molar-refractivity contribution in [3.63, 3.8) is 0 Å². The second-order valence-electron chi connectivity index (χ2n) is 5.36. The topological polar surface area (TPSA) is 92.9 Å². The number of aryl methyl sites for hydroxylation is 1. The molecule has 0 spiro atoms. The van der Waals surface area contributed by atoms with Gasteiger partial charge in [-0.1, -0.05) is 5.16 Å². The first kappa shape index (κ1) is 20.3. The van der Waals surface area contributed by atoms with Crippen LogP contribution in [0.1, 0.15) is 25.2 Å². The Morgan fingerprint density at radius 2 is 2.12 bits per heavy atom. The average molecular weight is 374 g/mol. The maximum Gasteiger partial charge on any atom is 0.227 e. The van der Waals surface area contributed by atoms with E-state index in [0.29, 0.717) is 24.6 Å². The summed E-state index contributed by atoms with van der Waals surface area (Å²) >= 11 is 0. The molecule has 1 fully saturated rings. The van der Waals surface area contributed by atoms with Gasteiger partial charge in [0.25, 0.3) is 0 Å². The highest BCUT2D eigenvalue weighted by molar-refractivity contribution is 5.85. The van der Waals surface area contributed by atoms with Gasteiger partial charge in [0.05, 0.1) is 0 Å². The Morgan fingerprint density at radius 1 is 1.33 bits per heavy atom. The van der Waals surface area contributed by atoms with Crippen LogP contribution in [-0.4, -0.2) is 40.2 Å².